The SMILES string of the molecule is C(/C=C/c1ccc(N(c2ccccc2)c2ccc(N(c3ccccc3)c3ccc(/C=C/C=C/c4ccccc4)cc3)cc2)cc1)=C\c1ccccc1. The molecular weight excluding hydrogens is 629 g/mol. The molecule has 0 radical (unpaired) electrons. The van der Waals surface area contributed by atoms with E-state index < -0.39 is 0 Å². The number of benzene rings is 7. The van der Waals surface area contributed by atoms with Crippen LogP contribution in [0.25, 0.3) is 24.3 Å². The summed E-state index contributed by atoms with van der Waals surface area (Å²) in [5.41, 5.74) is 11.2. The summed E-state index contributed by atoms with van der Waals surface area (Å²) in [4.78, 5) is 4.60. The Hall–Kier alpha value is -6.90. The summed E-state index contributed by atoms with van der Waals surface area (Å²) in [5.74, 6) is 0. The first-order chi connectivity index (χ1) is 25.8. The zero-order valence-electron chi connectivity index (χ0n) is 29.0. The highest BCUT2D eigenvalue weighted by Crippen LogP contribution is 2.39. The molecule has 0 aliphatic carbocycles. The maximum atomic E-state index is 2.30. The van der Waals surface area contributed by atoms with Crippen LogP contribution in [0.1, 0.15) is 22.3 Å². The Labute approximate surface area is 307 Å². The average molecular weight is 669 g/mol. The predicted octanol–water partition coefficient (Wildman–Crippen LogP) is 14.1. The first kappa shape index (κ1) is 33.6. The summed E-state index contributed by atoms with van der Waals surface area (Å²) in [7, 11) is 0. The number of hydrogen-bond donors (Lipinski definition) is 0. The van der Waals surface area contributed by atoms with E-state index in [9.17, 15) is 0 Å². The fraction of sp³-hybridized carbons (Fsp3) is 0. The largest absolute Gasteiger partial charge is 0.311 e. The minimum absolute atomic E-state index is 1.08. The van der Waals surface area contributed by atoms with Crippen LogP contribution in [-0.2, 0) is 0 Å². The Balaban J connectivity index is 1.13. The van der Waals surface area contributed by atoms with Crippen molar-refractivity contribution in [2.45, 2.75) is 0 Å². The molecule has 0 unspecified atom stereocenters. The van der Waals surface area contributed by atoms with Crippen LogP contribution < -0.4 is 9.80 Å². The molecule has 7 aromatic rings. The summed E-state index contributed by atoms with van der Waals surface area (Å²) < 4.78 is 0. The predicted molar refractivity (Wildman–Crippen MR) is 225 cm³/mol. The van der Waals surface area contributed by atoms with Gasteiger partial charge in [0, 0.05) is 34.1 Å². The molecule has 0 amide bonds. The van der Waals surface area contributed by atoms with Gasteiger partial charge in [0.2, 0.25) is 0 Å². The summed E-state index contributed by atoms with van der Waals surface area (Å²) in [5, 5.41) is 0. The lowest BCUT2D eigenvalue weighted by Crippen LogP contribution is -2.12. The van der Waals surface area contributed by atoms with Crippen molar-refractivity contribution in [2.75, 3.05) is 9.80 Å². The third kappa shape index (κ3) is 8.81. The highest BCUT2D eigenvalue weighted by Gasteiger charge is 2.15. The minimum atomic E-state index is 1.08. The van der Waals surface area contributed by atoms with E-state index in [1.54, 1.807) is 0 Å². The van der Waals surface area contributed by atoms with Gasteiger partial charge in [-0.3, -0.25) is 0 Å². The highest BCUT2D eigenvalue weighted by molar-refractivity contribution is 5.81. The number of anilines is 6. The van der Waals surface area contributed by atoms with E-state index in [0.29, 0.717) is 0 Å². The van der Waals surface area contributed by atoms with Crippen LogP contribution in [0.5, 0.6) is 0 Å². The van der Waals surface area contributed by atoms with Crippen LogP contribution >= 0.6 is 0 Å². The molecule has 7 rings (SSSR count). The van der Waals surface area contributed by atoms with Crippen LogP contribution in [0.2, 0.25) is 0 Å². The average Bonchev–Trinajstić information content (AvgIpc) is 3.22. The molecule has 7 aromatic carbocycles. The monoisotopic (exact) mass is 668 g/mol. The molecule has 250 valence electrons. The van der Waals surface area contributed by atoms with E-state index in [4.69, 9.17) is 0 Å². The molecule has 0 aliphatic heterocycles. The Morgan fingerprint density at radius 2 is 0.423 bits per heavy atom. The van der Waals surface area contributed by atoms with Gasteiger partial charge in [-0.15, -0.1) is 0 Å². The van der Waals surface area contributed by atoms with Gasteiger partial charge in [0.15, 0.2) is 0 Å². The summed E-state index contributed by atoms with van der Waals surface area (Å²) in [6, 6.07) is 68.0. The first-order valence-electron chi connectivity index (χ1n) is 17.6. The van der Waals surface area contributed by atoms with Crippen LogP contribution in [-0.4, -0.2) is 0 Å². The van der Waals surface area contributed by atoms with E-state index in [1.165, 1.54) is 11.1 Å². The molecule has 0 aliphatic rings. The maximum Gasteiger partial charge on any atom is 0.0463 e. The topological polar surface area (TPSA) is 6.48 Å². The second-order valence-electron chi connectivity index (χ2n) is 12.3. The van der Waals surface area contributed by atoms with Crippen molar-refractivity contribution in [2.24, 2.45) is 0 Å². The van der Waals surface area contributed by atoms with E-state index in [1.807, 2.05) is 12.1 Å². The van der Waals surface area contributed by atoms with Gasteiger partial charge in [0.05, 0.1) is 0 Å². The molecule has 0 bridgehead atoms. The lowest BCUT2D eigenvalue weighted by Gasteiger charge is -2.28. The fourth-order valence-corrected chi connectivity index (χ4v) is 6.06. The van der Waals surface area contributed by atoms with Gasteiger partial charge in [-0.1, -0.05) is 170 Å². The molecule has 0 spiro atoms. The van der Waals surface area contributed by atoms with Crippen LogP contribution in [0, 0.1) is 0 Å². The number of rotatable bonds is 12. The molecule has 0 N–H and O–H groups in total. The number of para-hydroxylation sites is 2. The Kier molecular flexibility index (Phi) is 11.1. The van der Waals surface area contributed by atoms with Gasteiger partial charge in [-0.2, -0.15) is 0 Å². The van der Waals surface area contributed by atoms with Gasteiger partial charge < -0.3 is 9.80 Å². The Morgan fingerprint density at radius 3 is 0.712 bits per heavy atom. The summed E-state index contributed by atoms with van der Waals surface area (Å²) in [6.07, 6.45) is 16.8. The summed E-state index contributed by atoms with van der Waals surface area (Å²) >= 11 is 0. The fourth-order valence-electron chi connectivity index (χ4n) is 6.06. The van der Waals surface area contributed by atoms with Crippen molar-refractivity contribution in [3.63, 3.8) is 0 Å². The molecule has 2 nitrogen and oxygen atoms in total. The first-order valence-corrected chi connectivity index (χ1v) is 17.6. The van der Waals surface area contributed by atoms with Gasteiger partial charge >= 0.3 is 0 Å². The molecule has 0 saturated heterocycles. The van der Waals surface area contributed by atoms with Crippen LogP contribution in [0.15, 0.2) is 218 Å². The number of nitrogens with zero attached hydrogens (tertiary/aromatic N) is 2. The van der Waals surface area contributed by atoms with E-state index >= 15 is 0 Å². The molecular formula is C50H40N2. The standard InChI is InChI=1S/C50H40N2/c1-5-17-41(18-6-1)21-13-15-23-43-29-33-47(34-30-43)51(45-25-9-3-10-26-45)49-37-39-50(40-38-49)52(46-27-11-4-12-28-46)48-35-31-44(32-36-48)24-16-14-22-42-19-7-2-8-20-42/h1-40H/b21-13+,22-14+,23-15+,24-16+. The van der Waals surface area contributed by atoms with Crippen molar-refractivity contribution in [3.8, 4) is 0 Å². The Morgan fingerprint density at radius 1 is 0.212 bits per heavy atom. The molecule has 0 atom stereocenters. The number of allylic oxidation sites excluding steroid dienone is 4. The molecule has 0 fully saturated rings. The minimum Gasteiger partial charge on any atom is -0.311 e. The van der Waals surface area contributed by atoms with Gasteiger partial charge in [-0.05, 0) is 95.1 Å². The smallest absolute Gasteiger partial charge is 0.0463 e. The third-order valence-electron chi connectivity index (χ3n) is 8.67. The lowest BCUT2D eigenvalue weighted by atomic mass is 10.1. The molecule has 0 heterocycles. The van der Waals surface area contributed by atoms with E-state index in [0.717, 1.165) is 45.3 Å². The van der Waals surface area contributed by atoms with Crippen molar-refractivity contribution in [1.29, 1.82) is 0 Å². The Bertz CT molecular complexity index is 2070. The van der Waals surface area contributed by atoms with Gasteiger partial charge in [0.25, 0.3) is 0 Å². The summed E-state index contributed by atoms with van der Waals surface area (Å²) in [6.45, 7) is 0. The zero-order chi connectivity index (χ0) is 35.2. The van der Waals surface area contributed by atoms with Gasteiger partial charge in [0.1, 0.15) is 0 Å². The maximum absolute atomic E-state index is 2.30. The van der Waals surface area contributed by atoms with Crippen molar-refractivity contribution in [3.05, 3.63) is 241 Å². The van der Waals surface area contributed by atoms with Crippen molar-refractivity contribution < 1.29 is 0 Å². The quantitative estimate of drug-likeness (QED) is 0.120. The molecule has 0 aromatic heterocycles. The van der Waals surface area contributed by atoms with E-state index in [-0.39, 0.29) is 0 Å². The van der Waals surface area contributed by atoms with Crippen LogP contribution in [0.3, 0.4) is 0 Å². The zero-order valence-corrected chi connectivity index (χ0v) is 29.0. The normalized spacial score (nSPS) is 11.5. The second-order valence-corrected chi connectivity index (χ2v) is 12.3. The van der Waals surface area contributed by atoms with Gasteiger partial charge in [-0.25, -0.2) is 0 Å². The number of hydrogen-bond acceptors (Lipinski definition) is 2. The third-order valence-corrected chi connectivity index (χ3v) is 8.67. The van der Waals surface area contributed by atoms with Crippen molar-refractivity contribution >= 4 is 58.4 Å². The molecule has 2 heteroatoms. The lowest BCUT2D eigenvalue weighted by molar-refractivity contribution is 1.25. The highest BCUT2D eigenvalue weighted by atomic mass is 15.2. The van der Waals surface area contributed by atoms with E-state index in [2.05, 4.69) is 240 Å². The van der Waals surface area contributed by atoms with Crippen LogP contribution in [0.4, 0.5) is 34.1 Å². The molecule has 52 heavy (non-hydrogen) atoms. The van der Waals surface area contributed by atoms with Crippen molar-refractivity contribution in [1.82, 2.24) is 0 Å². The molecule has 0 saturated carbocycles. The second kappa shape index (κ2) is 17.2.